The maximum atomic E-state index is 12.6. The number of carbonyl (C=O) groups is 1. The molecule has 27 heavy (non-hydrogen) atoms. The average molecular weight is 408 g/mol. The smallest absolute Gasteiger partial charge is 0.261 e. The average Bonchev–Trinajstić information content (AvgIpc) is 3.36. The van der Waals surface area contributed by atoms with Crippen LogP contribution in [0.2, 0.25) is 5.02 Å². The number of aromatic nitrogens is 2. The van der Waals surface area contributed by atoms with Gasteiger partial charge in [0.15, 0.2) is 6.61 Å². The normalized spacial score (nSPS) is 10.7. The van der Waals surface area contributed by atoms with Gasteiger partial charge in [-0.2, -0.15) is 0 Å². The first-order chi connectivity index (χ1) is 13.2. The monoisotopic (exact) mass is 407 g/mol. The van der Waals surface area contributed by atoms with Crippen LogP contribution in [0.5, 0.6) is 5.75 Å². The predicted molar refractivity (Wildman–Crippen MR) is 102 cm³/mol. The summed E-state index contributed by atoms with van der Waals surface area (Å²) in [4.78, 5) is 15.0. The summed E-state index contributed by atoms with van der Waals surface area (Å²) in [5, 5.41) is 10.6. The summed E-state index contributed by atoms with van der Waals surface area (Å²) in [6.07, 6.45) is 0. The molecule has 7 nitrogen and oxygen atoms in total. The molecule has 0 aliphatic heterocycles. The Morgan fingerprint density at radius 1 is 1.26 bits per heavy atom. The van der Waals surface area contributed by atoms with Crippen LogP contribution >= 0.6 is 22.9 Å². The number of methoxy groups -OCH3 is 1. The number of carbonyl (C=O) groups excluding carboxylic acids is 1. The number of hydrogen-bond donors (Lipinski definition) is 0. The van der Waals surface area contributed by atoms with Crippen molar-refractivity contribution in [3.63, 3.8) is 0 Å². The Labute approximate surface area is 165 Å². The lowest BCUT2D eigenvalue weighted by Gasteiger charge is -2.20. The molecule has 0 atom stereocenters. The van der Waals surface area contributed by atoms with Crippen LogP contribution < -0.4 is 4.74 Å². The van der Waals surface area contributed by atoms with Crippen molar-refractivity contribution in [3.8, 4) is 16.5 Å². The van der Waals surface area contributed by atoms with E-state index in [0.717, 1.165) is 4.88 Å². The lowest BCUT2D eigenvalue weighted by Crippen LogP contribution is -2.37. The maximum absolute atomic E-state index is 12.6. The van der Waals surface area contributed by atoms with Crippen molar-refractivity contribution in [1.29, 1.82) is 0 Å². The van der Waals surface area contributed by atoms with Crippen LogP contribution in [0.15, 0.2) is 46.2 Å². The summed E-state index contributed by atoms with van der Waals surface area (Å²) in [6.45, 7) is 0.844. The van der Waals surface area contributed by atoms with Crippen molar-refractivity contribution >= 4 is 28.8 Å². The standard InChI is InChI=1S/C18H18ClN3O4S/c1-24-9-8-22(17(23)12-25-14-6-4-13(19)5-7-14)11-16-20-21-18(26-16)15-3-2-10-27-15/h2-7,10H,8-9,11-12H2,1H3. The summed E-state index contributed by atoms with van der Waals surface area (Å²) in [6, 6.07) is 10.6. The van der Waals surface area contributed by atoms with Gasteiger partial charge in [-0.05, 0) is 35.7 Å². The van der Waals surface area contributed by atoms with Gasteiger partial charge in [-0.15, -0.1) is 21.5 Å². The van der Waals surface area contributed by atoms with E-state index in [9.17, 15) is 4.79 Å². The molecule has 1 amide bonds. The molecular formula is C18H18ClN3O4S. The van der Waals surface area contributed by atoms with E-state index in [1.807, 2.05) is 17.5 Å². The Bertz CT molecular complexity index is 852. The molecule has 2 aromatic heterocycles. The molecule has 0 bridgehead atoms. The van der Waals surface area contributed by atoms with Crippen molar-refractivity contribution in [1.82, 2.24) is 15.1 Å². The SMILES string of the molecule is COCCN(Cc1nnc(-c2cccs2)o1)C(=O)COc1ccc(Cl)cc1. The van der Waals surface area contributed by atoms with Crippen LogP contribution in [0, 0.1) is 0 Å². The molecule has 0 fully saturated rings. The van der Waals surface area contributed by atoms with Gasteiger partial charge in [0.05, 0.1) is 18.0 Å². The molecule has 0 N–H and O–H groups in total. The van der Waals surface area contributed by atoms with E-state index in [4.69, 9.17) is 25.5 Å². The molecule has 0 unspecified atom stereocenters. The first-order valence-corrected chi connectivity index (χ1v) is 9.43. The van der Waals surface area contributed by atoms with Crippen molar-refractivity contribution in [3.05, 3.63) is 52.7 Å². The second-order valence-corrected chi connectivity index (χ2v) is 6.91. The number of benzene rings is 1. The number of thiophene rings is 1. The number of amides is 1. The van der Waals surface area contributed by atoms with Gasteiger partial charge in [-0.1, -0.05) is 17.7 Å². The molecule has 9 heteroatoms. The van der Waals surface area contributed by atoms with Gasteiger partial charge in [0.1, 0.15) is 5.75 Å². The highest BCUT2D eigenvalue weighted by Gasteiger charge is 2.19. The van der Waals surface area contributed by atoms with Crippen LogP contribution in [0.4, 0.5) is 0 Å². The van der Waals surface area contributed by atoms with Crippen LogP contribution in [-0.2, 0) is 16.1 Å². The molecule has 2 heterocycles. The highest BCUT2D eigenvalue weighted by Crippen LogP contribution is 2.23. The first-order valence-electron chi connectivity index (χ1n) is 8.17. The van der Waals surface area contributed by atoms with E-state index in [1.165, 1.54) is 11.3 Å². The third-order valence-corrected chi connectivity index (χ3v) is 4.73. The molecule has 0 radical (unpaired) electrons. The largest absolute Gasteiger partial charge is 0.484 e. The summed E-state index contributed by atoms with van der Waals surface area (Å²) in [5.74, 6) is 1.15. The minimum atomic E-state index is -0.210. The first kappa shape index (κ1) is 19.3. The Hall–Kier alpha value is -2.42. The molecule has 0 saturated carbocycles. The molecule has 1 aromatic carbocycles. The molecule has 0 aliphatic carbocycles. The summed E-state index contributed by atoms with van der Waals surface area (Å²) in [7, 11) is 1.58. The fraction of sp³-hybridized carbons (Fsp3) is 0.278. The van der Waals surface area contributed by atoms with E-state index >= 15 is 0 Å². The van der Waals surface area contributed by atoms with Gasteiger partial charge >= 0.3 is 0 Å². The fourth-order valence-corrected chi connectivity index (χ4v) is 3.01. The number of nitrogens with zero attached hydrogens (tertiary/aromatic N) is 3. The zero-order valence-electron chi connectivity index (χ0n) is 14.6. The highest BCUT2D eigenvalue weighted by molar-refractivity contribution is 7.13. The van der Waals surface area contributed by atoms with Crippen LogP contribution in [0.3, 0.4) is 0 Å². The molecule has 3 aromatic rings. The number of rotatable bonds is 9. The Morgan fingerprint density at radius 2 is 2.07 bits per heavy atom. The molecular weight excluding hydrogens is 390 g/mol. The molecule has 3 rings (SSSR count). The van der Waals surface area contributed by atoms with Gasteiger partial charge in [-0.25, -0.2) is 0 Å². The van der Waals surface area contributed by atoms with Crippen LogP contribution in [0.25, 0.3) is 10.8 Å². The maximum Gasteiger partial charge on any atom is 0.261 e. The van der Waals surface area contributed by atoms with Crippen molar-refractivity contribution < 1.29 is 18.7 Å². The van der Waals surface area contributed by atoms with Crippen molar-refractivity contribution in [2.24, 2.45) is 0 Å². The Balaban J connectivity index is 1.62. The van der Waals surface area contributed by atoms with Gasteiger partial charge in [0, 0.05) is 18.7 Å². The van der Waals surface area contributed by atoms with E-state index in [1.54, 1.807) is 36.3 Å². The fourth-order valence-electron chi connectivity index (χ4n) is 2.24. The molecule has 0 spiro atoms. The Kier molecular flexibility index (Phi) is 6.80. The lowest BCUT2D eigenvalue weighted by molar-refractivity contribution is -0.135. The summed E-state index contributed by atoms with van der Waals surface area (Å²) < 4.78 is 16.3. The topological polar surface area (TPSA) is 77.7 Å². The second kappa shape index (κ2) is 9.50. The van der Waals surface area contributed by atoms with Gasteiger partial charge in [0.2, 0.25) is 5.89 Å². The van der Waals surface area contributed by atoms with Crippen molar-refractivity contribution in [2.75, 3.05) is 26.9 Å². The molecule has 142 valence electrons. The second-order valence-electron chi connectivity index (χ2n) is 5.53. The van der Waals surface area contributed by atoms with Gasteiger partial charge in [0.25, 0.3) is 11.8 Å². The van der Waals surface area contributed by atoms with Gasteiger partial charge in [-0.3, -0.25) is 4.79 Å². The minimum absolute atomic E-state index is 0.114. The van der Waals surface area contributed by atoms with E-state index < -0.39 is 0 Å². The molecule has 0 aliphatic rings. The minimum Gasteiger partial charge on any atom is -0.484 e. The summed E-state index contributed by atoms with van der Waals surface area (Å²) in [5.41, 5.74) is 0. The number of halogens is 1. The number of ether oxygens (including phenoxy) is 2. The summed E-state index contributed by atoms with van der Waals surface area (Å²) >= 11 is 7.35. The van der Waals surface area contributed by atoms with E-state index in [2.05, 4.69) is 10.2 Å². The third kappa shape index (κ3) is 5.53. The van der Waals surface area contributed by atoms with E-state index in [-0.39, 0.29) is 19.1 Å². The zero-order chi connectivity index (χ0) is 19.1. The number of hydrogen-bond acceptors (Lipinski definition) is 7. The van der Waals surface area contributed by atoms with E-state index in [0.29, 0.717) is 35.7 Å². The van der Waals surface area contributed by atoms with Gasteiger partial charge < -0.3 is 18.8 Å². The lowest BCUT2D eigenvalue weighted by atomic mass is 10.3. The molecule has 0 saturated heterocycles. The Morgan fingerprint density at radius 3 is 2.78 bits per heavy atom. The highest BCUT2D eigenvalue weighted by atomic mass is 35.5. The quantitative estimate of drug-likeness (QED) is 0.540. The van der Waals surface area contributed by atoms with Crippen molar-refractivity contribution in [2.45, 2.75) is 6.54 Å². The van der Waals surface area contributed by atoms with Crippen LogP contribution in [0.1, 0.15) is 5.89 Å². The zero-order valence-corrected chi connectivity index (χ0v) is 16.2. The predicted octanol–water partition coefficient (Wildman–Crippen LogP) is 3.51. The third-order valence-electron chi connectivity index (χ3n) is 3.62. The van der Waals surface area contributed by atoms with Crippen LogP contribution in [-0.4, -0.2) is 47.9 Å².